The van der Waals surface area contributed by atoms with Gasteiger partial charge in [0.1, 0.15) is 11.6 Å². The summed E-state index contributed by atoms with van der Waals surface area (Å²) in [7, 11) is 0. The van der Waals surface area contributed by atoms with E-state index in [4.69, 9.17) is 0 Å². The topological polar surface area (TPSA) is 51.0 Å². The van der Waals surface area contributed by atoms with E-state index < -0.39 is 0 Å². The average molecular weight is 451 g/mol. The van der Waals surface area contributed by atoms with Gasteiger partial charge in [-0.05, 0) is 87.8 Å². The van der Waals surface area contributed by atoms with Gasteiger partial charge in [-0.1, -0.05) is 42.1 Å². The van der Waals surface area contributed by atoms with Gasteiger partial charge < -0.3 is 4.57 Å². The number of ketones is 1. The fourth-order valence-corrected chi connectivity index (χ4v) is 8.33. The second kappa shape index (κ2) is 8.60. The minimum atomic E-state index is -0.0234. The maximum Gasteiger partial charge on any atom is 0.191 e. The van der Waals surface area contributed by atoms with Crippen molar-refractivity contribution in [2.24, 2.45) is 23.2 Å². The molecule has 32 heavy (non-hydrogen) atoms. The summed E-state index contributed by atoms with van der Waals surface area (Å²) in [5.74, 6) is 4.48. The molecule has 4 aliphatic carbocycles. The molecular formula is C26H34N4OS. The molecule has 0 N–H and O–H groups in total. The molecule has 0 unspecified atom stereocenters. The van der Waals surface area contributed by atoms with E-state index in [1.54, 1.807) is 11.8 Å². The van der Waals surface area contributed by atoms with Crippen molar-refractivity contribution in [3.8, 4) is 0 Å². The fourth-order valence-electron chi connectivity index (χ4n) is 7.34. The number of hydrogen-bond acceptors (Lipinski definition) is 5. The summed E-state index contributed by atoms with van der Waals surface area (Å²) < 4.78 is 2.26. The molecule has 1 aliphatic heterocycles. The zero-order valence-corrected chi connectivity index (χ0v) is 19.7. The number of rotatable bonds is 8. The van der Waals surface area contributed by atoms with Crippen LogP contribution in [0.4, 0.5) is 0 Å². The Balaban J connectivity index is 1.19. The third kappa shape index (κ3) is 4.05. The molecule has 4 saturated carbocycles. The quantitative estimate of drug-likeness (QED) is 0.541. The molecule has 0 radical (unpaired) electrons. The Morgan fingerprint density at radius 2 is 1.59 bits per heavy atom. The van der Waals surface area contributed by atoms with Crippen molar-refractivity contribution in [2.75, 3.05) is 18.8 Å². The largest absolute Gasteiger partial charge is 0.300 e. The van der Waals surface area contributed by atoms with E-state index in [0.29, 0.717) is 11.5 Å². The van der Waals surface area contributed by atoms with Gasteiger partial charge in [0.25, 0.3) is 0 Å². The lowest BCUT2D eigenvalue weighted by molar-refractivity contribution is -0.141. The molecule has 1 saturated heterocycles. The van der Waals surface area contributed by atoms with E-state index in [0.717, 1.165) is 74.2 Å². The van der Waals surface area contributed by atoms with Crippen molar-refractivity contribution < 1.29 is 4.79 Å². The van der Waals surface area contributed by atoms with Crippen LogP contribution in [0.25, 0.3) is 0 Å². The summed E-state index contributed by atoms with van der Waals surface area (Å²) in [6.45, 7) is 3.91. The van der Waals surface area contributed by atoms with Crippen molar-refractivity contribution in [1.82, 2.24) is 19.7 Å². The van der Waals surface area contributed by atoms with Gasteiger partial charge in [0.2, 0.25) is 0 Å². The first kappa shape index (κ1) is 20.9. The van der Waals surface area contributed by atoms with E-state index in [1.807, 2.05) is 0 Å². The predicted molar refractivity (Wildman–Crippen MR) is 126 cm³/mol. The van der Waals surface area contributed by atoms with E-state index in [1.165, 1.54) is 37.7 Å². The van der Waals surface area contributed by atoms with Crippen molar-refractivity contribution in [1.29, 1.82) is 0 Å². The Morgan fingerprint density at radius 3 is 2.25 bits per heavy atom. The highest BCUT2D eigenvalue weighted by molar-refractivity contribution is 7.99. The minimum absolute atomic E-state index is 0.0234. The highest BCUT2D eigenvalue weighted by Crippen LogP contribution is 2.60. The summed E-state index contributed by atoms with van der Waals surface area (Å²) >= 11 is 1.62. The number of Topliss-reactive ketones (excluding diaryl/α,β-unsaturated/α-hetero) is 1. The summed E-state index contributed by atoms with van der Waals surface area (Å²) in [5.41, 5.74) is 1.23. The minimum Gasteiger partial charge on any atom is -0.300 e. The second-order valence-corrected chi connectivity index (χ2v) is 11.8. The molecule has 5 aliphatic rings. The molecular weight excluding hydrogens is 416 g/mol. The standard InChI is InChI=1S/C26H34N4OS/c31-23(26-13-20-10-21(14-26)12-22(11-20)15-26)18-32-25-28-27-24(17-29-8-4-5-9-29)30(25)16-19-6-2-1-3-7-19/h1-3,6-7,20-22H,4-5,8-18H2. The van der Waals surface area contributed by atoms with Crippen LogP contribution in [0.5, 0.6) is 0 Å². The maximum atomic E-state index is 13.5. The van der Waals surface area contributed by atoms with Crippen molar-refractivity contribution in [3.63, 3.8) is 0 Å². The number of carbonyl (C=O) groups excluding carboxylic acids is 1. The van der Waals surface area contributed by atoms with Gasteiger partial charge in [-0.25, -0.2) is 0 Å². The number of thioether (sulfide) groups is 1. The first-order chi connectivity index (χ1) is 15.7. The van der Waals surface area contributed by atoms with Crippen LogP contribution in [-0.2, 0) is 17.9 Å². The molecule has 7 rings (SSSR count). The SMILES string of the molecule is O=C(CSc1nnc(CN2CCCC2)n1Cc1ccccc1)C12CC3CC(CC(C3)C1)C2. The van der Waals surface area contributed by atoms with Gasteiger partial charge in [0.05, 0.1) is 18.8 Å². The maximum absolute atomic E-state index is 13.5. The Hall–Kier alpha value is -1.66. The van der Waals surface area contributed by atoms with Crippen molar-refractivity contribution in [3.05, 3.63) is 41.7 Å². The van der Waals surface area contributed by atoms with E-state index in [9.17, 15) is 4.79 Å². The molecule has 2 aromatic rings. The van der Waals surface area contributed by atoms with Crippen molar-refractivity contribution >= 4 is 17.5 Å². The van der Waals surface area contributed by atoms with Crippen LogP contribution in [0.3, 0.4) is 0 Å². The molecule has 4 bridgehead atoms. The Labute approximate surface area is 195 Å². The number of likely N-dealkylation sites (tertiary alicyclic amines) is 1. The Bertz CT molecular complexity index is 930. The highest BCUT2D eigenvalue weighted by Gasteiger charge is 2.54. The molecule has 0 spiro atoms. The zero-order chi connectivity index (χ0) is 21.5. The van der Waals surface area contributed by atoms with Crippen LogP contribution >= 0.6 is 11.8 Å². The number of hydrogen-bond donors (Lipinski definition) is 0. The van der Waals surface area contributed by atoms with Crippen LogP contribution in [0.2, 0.25) is 0 Å². The van der Waals surface area contributed by atoms with Crippen LogP contribution in [0.15, 0.2) is 35.5 Å². The summed E-state index contributed by atoms with van der Waals surface area (Å²) in [6.07, 6.45) is 10.1. The van der Waals surface area contributed by atoms with Gasteiger partial charge in [-0.3, -0.25) is 9.69 Å². The van der Waals surface area contributed by atoms with E-state index in [2.05, 4.69) is 50.0 Å². The second-order valence-electron chi connectivity index (χ2n) is 10.9. The highest BCUT2D eigenvalue weighted by atomic mass is 32.2. The molecule has 0 atom stereocenters. The first-order valence-corrected chi connectivity index (χ1v) is 13.5. The smallest absolute Gasteiger partial charge is 0.191 e. The number of benzene rings is 1. The van der Waals surface area contributed by atoms with Gasteiger partial charge in [-0.2, -0.15) is 0 Å². The van der Waals surface area contributed by atoms with Crippen LogP contribution in [-0.4, -0.2) is 44.3 Å². The Kier molecular flexibility index (Phi) is 5.62. The summed E-state index contributed by atoms with van der Waals surface area (Å²) in [6, 6.07) is 10.6. The summed E-state index contributed by atoms with van der Waals surface area (Å²) in [4.78, 5) is 16.0. The molecule has 170 valence electrons. The molecule has 5 fully saturated rings. The van der Waals surface area contributed by atoms with Gasteiger partial charge in [0, 0.05) is 5.41 Å². The monoisotopic (exact) mass is 450 g/mol. The third-order valence-electron chi connectivity index (χ3n) is 8.50. The molecule has 1 aromatic carbocycles. The molecule has 0 amide bonds. The van der Waals surface area contributed by atoms with Gasteiger partial charge in [0.15, 0.2) is 5.16 Å². The Morgan fingerprint density at radius 1 is 0.938 bits per heavy atom. The summed E-state index contributed by atoms with van der Waals surface area (Å²) in [5, 5.41) is 10.1. The number of aromatic nitrogens is 3. The predicted octanol–water partition coefficient (Wildman–Crippen LogP) is 4.80. The van der Waals surface area contributed by atoms with E-state index in [-0.39, 0.29) is 5.41 Å². The number of carbonyl (C=O) groups is 1. The fraction of sp³-hybridized carbons (Fsp3) is 0.654. The van der Waals surface area contributed by atoms with E-state index >= 15 is 0 Å². The lowest BCUT2D eigenvalue weighted by Crippen LogP contribution is -2.50. The molecule has 1 aromatic heterocycles. The van der Waals surface area contributed by atoms with Crippen LogP contribution in [0, 0.1) is 23.2 Å². The first-order valence-electron chi connectivity index (χ1n) is 12.5. The molecule has 6 heteroatoms. The molecule has 5 nitrogen and oxygen atoms in total. The van der Waals surface area contributed by atoms with Crippen molar-refractivity contribution in [2.45, 2.75) is 69.6 Å². The third-order valence-corrected chi connectivity index (χ3v) is 9.47. The number of nitrogens with zero attached hydrogens (tertiary/aromatic N) is 4. The average Bonchev–Trinajstić information content (AvgIpc) is 3.43. The van der Waals surface area contributed by atoms with Crippen LogP contribution < -0.4 is 0 Å². The lowest BCUT2D eigenvalue weighted by Gasteiger charge is -2.56. The normalized spacial score (nSPS) is 31.4. The van der Waals surface area contributed by atoms with Crippen LogP contribution in [0.1, 0.15) is 62.8 Å². The lowest BCUT2D eigenvalue weighted by atomic mass is 9.48. The van der Waals surface area contributed by atoms with Gasteiger partial charge in [-0.15, -0.1) is 10.2 Å². The molecule has 2 heterocycles. The van der Waals surface area contributed by atoms with Gasteiger partial charge >= 0.3 is 0 Å². The zero-order valence-electron chi connectivity index (χ0n) is 18.9.